The summed E-state index contributed by atoms with van der Waals surface area (Å²) in [6, 6.07) is 10.7. The Labute approximate surface area is 142 Å². The fraction of sp³-hybridized carbons (Fsp3) is 0.316. The van der Waals surface area contributed by atoms with Gasteiger partial charge >= 0.3 is 5.97 Å². The predicted octanol–water partition coefficient (Wildman–Crippen LogP) is 2.74. The van der Waals surface area contributed by atoms with Crippen LogP contribution < -0.4 is 9.88 Å². The van der Waals surface area contributed by atoms with E-state index in [1.54, 1.807) is 31.2 Å². The molecule has 0 saturated heterocycles. The summed E-state index contributed by atoms with van der Waals surface area (Å²) < 4.78 is 6.76. The van der Waals surface area contributed by atoms with Crippen molar-refractivity contribution in [2.24, 2.45) is 0 Å². The third-order valence-electron chi connectivity index (χ3n) is 3.50. The third kappa shape index (κ3) is 5.19. The number of benzene rings is 1. The molecule has 5 heteroatoms. The molecule has 0 saturated carbocycles. The standard InChI is InChI=1S/C19H22N2O3/c1-3-5-15-10-12-21(13-11-15)14-18(22)20-17-8-6-16(7-9-17)19(23)24-4-2/h6-13H,3-5,14H2,1-2H3/p+1. The summed E-state index contributed by atoms with van der Waals surface area (Å²) in [5.41, 5.74) is 2.38. The first-order valence-electron chi connectivity index (χ1n) is 8.17. The lowest BCUT2D eigenvalue weighted by atomic mass is 10.1. The molecule has 0 atom stereocenters. The van der Waals surface area contributed by atoms with E-state index in [4.69, 9.17) is 4.74 Å². The van der Waals surface area contributed by atoms with Gasteiger partial charge in [0.1, 0.15) is 0 Å². The van der Waals surface area contributed by atoms with E-state index >= 15 is 0 Å². The highest BCUT2D eigenvalue weighted by atomic mass is 16.5. The number of rotatable bonds is 7. The number of pyridine rings is 1. The Hall–Kier alpha value is -2.69. The first-order chi connectivity index (χ1) is 11.6. The van der Waals surface area contributed by atoms with Crippen LogP contribution in [-0.2, 0) is 22.5 Å². The van der Waals surface area contributed by atoms with Gasteiger partial charge in [-0.1, -0.05) is 13.3 Å². The zero-order chi connectivity index (χ0) is 17.4. The quantitative estimate of drug-likeness (QED) is 0.628. The van der Waals surface area contributed by atoms with Crippen molar-refractivity contribution in [1.29, 1.82) is 0 Å². The van der Waals surface area contributed by atoms with Crippen LogP contribution in [0.4, 0.5) is 5.69 Å². The topological polar surface area (TPSA) is 59.3 Å². The van der Waals surface area contributed by atoms with Gasteiger partial charge in [-0.3, -0.25) is 4.79 Å². The summed E-state index contributed by atoms with van der Waals surface area (Å²) in [6.45, 7) is 4.48. The molecule has 1 N–H and O–H groups in total. The number of hydrogen-bond acceptors (Lipinski definition) is 3. The largest absolute Gasteiger partial charge is 0.462 e. The molecule has 0 radical (unpaired) electrons. The predicted molar refractivity (Wildman–Crippen MR) is 91.7 cm³/mol. The van der Waals surface area contributed by atoms with E-state index < -0.39 is 0 Å². The molecule has 126 valence electrons. The number of aryl methyl sites for hydroxylation is 1. The summed E-state index contributed by atoms with van der Waals surface area (Å²) >= 11 is 0. The highest BCUT2D eigenvalue weighted by Crippen LogP contribution is 2.10. The average molecular weight is 327 g/mol. The van der Waals surface area contributed by atoms with Crippen LogP contribution in [0.3, 0.4) is 0 Å². The lowest BCUT2D eigenvalue weighted by Crippen LogP contribution is -2.39. The van der Waals surface area contributed by atoms with Gasteiger partial charge in [0.2, 0.25) is 6.54 Å². The molecule has 5 nitrogen and oxygen atoms in total. The Morgan fingerprint density at radius 3 is 2.29 bits per heavy atom. The zero-order valence-electron chi connectivity index (χ0n) is 14.1. The molecule has 0 fully saturated rings. The first kappa shape index (κ1) is 17.7. The second-order valence-corrected chi connectivity index (χ2v) is 5.47. The summed E-state index contributed by atoms with van der Waals surface area (Å²) in [5, 5.41) is 2.82. The van der Waals surface area contributed by atoms with Gasteiger partial charge in [-0.2, -0.15) is 4.57 Å². The van der Waals surface area contributed by atoms with Gasteiger partial charge in [0.05, 0.1) is 12.2 Å². The van der Waals surface area contributed by atoms with Crippen molar-refractivity contribution >= 4 is 17.6 Å². The molecule has 0 aliphatic heterocycles. The number of nitrogens with zero attached hydrogens (tertiary/aromatic N) is 1. The van der Waals surface area contributed by atoms with Crippen LogP contribution in [0.25, 0.3) is 0 Å². The fourth-order valence-corrected chi connectivity index (χ4v) is 2.32. The number of anilines is 1. The number of aromatic nitrogens is 1. The van der Waals surface area contributed by atoms with Gasteiger partial charge in [0.15, 0.2) is 12.4 Å². The highest BCUT2D eigenvalue weighted by molar-refractivity contribution is 5.92. The van der Waals surface area contributed by atoms with Gasteiger partial charge in [-0.15, -0.1) is 0 Å². The number of esters is 1. The minimum atomic E-state index is -0.363. The SMILES string of the molecule is CCCc1cc[n+](CC(=O)Nc2ccc(C(=O)OCC)cc2)cc1. The molecule has 1 aromatic heterocycles. The van der Waals surface area contributed by atoms with Crippen molar-refractivity contribution in [1.82, 2.24) is 0 Å². The fourth-order valence-electron chi connectivity index (χ4n) is 2.32. The highest BCUT2D eigenvalue weighted by Gasteiger charge is 2.11. The lowest BCUT2D eigenvalue weighted by molar-refractivity contribution is -0.684. The summed E-state index contributed by atoms with van der Waals surface area (Å²) in [7, 11) is 0. The molecule has 24 heavy (non-hydrogen) atoms. The van der Waals surface area contributed by atoms with Crippen molar-refractivity contribution in [2.45, 2.75) is 33.2 Å². The minimum Gasteiger partial charge on any atom is -0.462 e. The van der Waals surface area contributed by atoms with E-state index in [0.717, 1.165) is 12.8 Å². The van der Waals surface area contributed by atoms with E-state index in [-0.39, 0.29) is 18.4 Å². The Morgan fingerprint density at radius 1 is 1.04 bits per heavy atom. The van der Waals surface area contributed by atoms with E-state index in [2.05, 4.69) is 12.2 Å². The Bertz CT molecular complexity index is 679. The number of hydrogen-bond donors (Lipinski definition) is 1. The Balaban J connectivity index is 1.91. The molecule has 0 unspecified atom stereocenters. The number of amides is 1. The smallest absolute Gasteiger partial charge is 0.338 e. The van der Waals surface area contributed by atoms with Crippen LogP contribution in [0, 0.1) is 0 Å². The van der Waals surface area contributed by atoms with Gasteiger partial charge < -0.3 is 10.1 Å². The number of nitrogens with one attached hydrogen (secondary N) is 1. The number of carbonyl (C=O) groups excluding carboxylic acids is 2. The minimum absolute atomic E-state index is 0.118. The van der Waals surface area contributed by atoms with Crippen molar-refractivity contribution in [3.05, 3.63) is 59.9 Å². The van der Waals surface area contributed by atoms with Crippen molar-refractivity contribution < 1.29 is 18.9 Å². The van der Waals surface area contributed by atoms with E-state index in [9.17, 15) is 9.59 Å². The molecule has 2 aromatic rings. The Morgan fingerprint density at radius 2 is 1.71 bits per heavy atom. The van der Waals surface area contributed by atoms with Gasteiger partial charge in [0.25, 0.3) is 5.91 Å². The molecule has 1 aromatic carbocycles. The number of ether oxygens (including phenoxy) is 1. The lowest BCUT2D eigenvalue weighted by Gasteiger charge is -2.05. The molecule has 2 rings (SSSR count). The summed E-state index contributed by atoms with van der Waals surface area (Å²) in [5.74, 6) is -0.481. The third-order valence-corrected chi connectivity index (χ3v) is 3.50. The van der Waals surface area contributed by atoms with Crippen LogP contribution in [0.5, 0.6) is 0 Å². The van der Waals surface area contributed by atoms with E-state index in [0.29, 0.717) is 17.9 Å². The molecule has 0 aliphatic rings. The normalized spacial score (nSPS) is 10.2. The average Bonchev–Trinajstić information content (AvgIpc) is 2.58. The maximum Gasteiger partial charge on any atom is 0.338 e. The van der Waals surface area contributed by atoms with Gasteiger partial charge in [0, 0.05) is 17.8 Å². The zero-order valence-corrected chi connectivity index (χ0v) is 14.1. The second kappa shape index (κ2) is 8.82. The monoisotopic (exact) mass is 327 g/mol. The van der Waals surface area contributed by atoms with Crippen LogP contribution in [0.2, 0.25) is 0 Å². The Kier molecular flexibility index (Phi) is 6.49. The molecule has 0 spiro atoms. The van der Waals surface area contributed by atoms with Crippen LogP contribution in [0.15, 0.2) is 48.8 Å². The second-order valence-electron chi connectivity index (χ2n) is 5.47. The summed E-state index contributed by atoms with van der Waals surface area (Å²) in [4.78, 5) is 23.7. The van der Waals surface area contributed by atoms with Crippen molar-refractivity contribution in [3.8, 4) is 0 Å². The van der Waals surface area contributed by atoms with Crippen LogP contribution in [0.1, 0.15) is 36.2 Å². The van der Waals surface area contributed by atoms with Gasteiger partial charge in [-0.05, 0) is 43.2 Å². The van der Waals surface area contributed by atoms with E-state index in [1.165, 1.54) is 5.56 Å². The summed E-state index contributed by atoms with van der Waals surface area (Å²) in [6.07, 6.45) is 5.97. The number of carbonyl (C=O) groups is 2. The van der Waals surface area contributed by atoms with Crippen molar-refractivity contribution in [3.63, 3.8) is 0 Å². The maximum atomic E-state index is 12.1. The maximum absolute atomic E-state index is 12.1. The van der Waals surface area contributed by atoms with Gasteiger partial charge in [-0.25, -0.2) is 4.79 Å². The molecule has 1 amide bonds. The molecular weight excluding hydrogens is 304 g/mol. The van der Waals surface area contributed by atoms with Crippen LogP contribution >= 0.6 is 0 Å². The van der Waals surface area contributed by atoms with Crippen molar-refractivity contribution in [2.75, 3.05) is 11.9 Å². The van der Waals surface area contributed by atoms with Crippen LogP contribution in [-0.4, -0.2) is 18.5 Å². The molecular formula is C19H23N2O3+. The molecule has 0 bridgehead atoms. The molecule has 1 heterocycles. The first-order valence-corrected chi connectivity index (χ1v) is 8.17. The molecule has 0 aliphatic carbocycles. The van der Waals surface area contributed by atoms with E-state index in [1.807, 2.05) is 29.1 Å².